The molecule has 4 rings (SSSR count). The molecule has 4 N–H and O–H groups in total. The highest BCUT2D eigenvalue weighted by molar-refractivity contribution is 6.30. The van der Waals surface area contributed by atoms with Crippen molar-refractivity contribution in [2.24, 2.45) is 0 Å². The summed E-state index contributed by atoms with van der Waals surface area (Å²) < 4.78 is 0. The quantitative estimate of drug-likeness (QED) is 0.550. The molecule has 29 heavy (non-hydrogen) atoms. The van der Waals surface area contributed by atoms with Crippen molar-refractivity contribution >= 4 is 23.4 Å². The van der Waals surface area contributed by atoms with E-state index in [2.05, 4.69) is 38.9 Å². The van der Waals surface area contributed by atoms with E-state index in [1.165, 1.54) is 11.1 Å². The molecule has 0 saturated carbocycles. The lowest BCUT2D eigenvalue weighted by atomic mass is 9.96. The highest BCUT2D eigenvalue weighted by atomic mass is 35.5. The van der Waals surface area contributed by atoms with Crippen molar-refractivity contribution in [3.05, 3.63) is 45.4 Å². The van der Waals surface area contributed by atoms with Crippen molar-refractivity contribution in [1.82, 2.24) is 25.1 Å². The van der Waals surface area contributed by atoms with Crippen LogP contribution >= 0.6 is 11.6 Å². The molecule has 0 aromatic carbocycles. The zero-order chi connectivity index (χ0) is 20.7. The lowest BCUT2D eigenvalue weighted by molar-refractivity contribution is 0.270. The predicted octanol–water partition coefficient (Wildman–Crippen LogP) is 2.77. The van der Waals surface area contributed by atoms with Crippen LogP contribution < -0.4 is 10.6 Å². The number of aromatic amines is 1. The highest BCUT2D eigenvalue weighted by Crippen LogP contribution is 2.40. The van der Waals surface area contributed by atoms with Crippen LogP contribution in [-0.4, -0.2) is 43.4 Å². The molecule has 4 heterocycles. The van der Waals surface area contributed by atoms with Gasteiger partial charge in [0.1, 0.15) is 11.0 Å². The second-order valence-corrected chi connectivity index (χ2v) is 7.68. The molecular formula is C20H24ClN7O. The number of rotatable bonds is 5. The van der Waals surface area contributed by atoms with Gasteiger partial charge in [0, 0.05) is 42.0 Å². The molecular weight excluding hydrogens is 390 g/mol. The van der Waals surface area contributed by atoms with Crippen molar-refractivity contribution in [2.75, 3.05) is 23.8 Å². The van der Waals surface area contributed by atoms with Crippen LogP contribution in [-0.2, 0) is 13.0 Å². The lowest BCUT2D eigenvalue weighted by Gasteiger charge is -2.23. The average molecular weight is 414 g/mol. The Balaban J connectivity index is 1.84. The van der Waals surface area contributed by atoms with Crippen molar-refractivity contribution in [1.29, 1.82) is 0 Å². The van der Waals surface area contributed by atoms with Crippen LogP contribution in [0.5, 0.6) is 0 Å². The van der Waals surface area contributed by atoms with E-state index in [1.807, 2.05) is 13.0 Å². The Bertz CT molecular complexity index is 1050. The lowest BCUT2D eigenvalue weighted by Crippen LogP contribution is -2.24. The number of fused-ring (bicyclic) bond motifs is 1. The maximum Gasteiger partial charge on any atom is 0.223 e. The number of hydrogen-bond donors (Lipinski definition) is 3. The fraction of sp³-hybridized carbons (Fsp3) is 0.400. The minimum absolute atomic E-state index is 0.0325. The number of H-pyrrole nitrogens is 1. The molecule has 3 aromatic heterocycles. The molecule has 0 radical (unpaired) electrons. The molecule has 1 aliphatic heterocycles. The number of pyridine rings is 1. The Hall–Kier alpha value is -2.71. The summed E-state index contributed by atoms with van der Waals surface area (Å²) in [4.78, 5) is 15.5. The topological polar surface area (TPSA) is 117 Å². The van der Waals surface area contributed by atoms with Gasteiger partial charge in [-0.1, -0.05) is 18.5 Å². The second kappa shape index (κ2) is 7.61. The molecule has 0 saturated heterocycles. The van der Waals surface area contributed by atoms with Gasteiger partial charge in [-0.2, -0.15) is 10.1 Å². The molecule has 0 fully saturated rings. The number of hydrogen-bond acceptors (Lipinski definition) is 7. The minimum atomic E-state index is -0.155. The fourth-order valence-corrected chi connectivity index (χ4v) is 4.55. The Labute approximate surface area is 174 Å². The minimum Gasteiger partial charge on any atom is -0.396 e. The van der Waals surface area contributed by atoms with Gasteiger partial charge in [-0.25, -0.2) is 4.98 Å². The zero-order valence-electron chi connectivity index (χ0n) is 16.7. The number of nitrogens with zero attached hydrogens (tertiary/aromatic N) is 5. The highest BCUT2D eigenvalue weighted by Gasteiger charge is 2.34. The number of aryl methyl sites for hydroxylation is 1. The molecule has 1 atom stereocenters. The number of aliphatic hydroxyl groups excluding tert-OH is 1. The van der Waals surface area contributed by atoms with Gasteiger partial charge in [0.25, 0.3) is 0 Å². The summed E-state index contributed by atoms with van der Waals surface area (Å²) >= 11 is 6.33. The average Bonchev–Trinajstić information content (AvgIpc) is 3.32. The molecule has 152 valence electrons. The number of nitrogens with two attached hydrogens (primary N) is 1. The molecule has 0 bridgehead atoms. The summed E-state index contributed by atoms with van der Waals surface area (Å²) in [6.45, 7) is 7.42. The fourth-order valence-electron chi connectivity index (χ4n) is 4.22. The third-order valence-corrected chi connectivity index (χ3v) is 5.92. The normalized spacial score (nSPS) is 15.8. The molecule has 8 nitrogen and oxygen atoms in total. The molecule has 0 spiro atoms. The second-order valence-electron chi connectivity index (χ2n) is 7.32. The van der Waals surface area contributed by atoms with Crippen LogP contribution in [0, 0.1) is 13.8 Å². The SMILES string of the molecule is CCc1c(C)nc(-c2ccn[nH]2)c(CN2CC(CO)c3c(Cl)nc(N)nc32)c1C. The maximum atomic E-state index is 9.87. The Morgan fingerprint density at radius 1 is 1.28 bits per heavy atom. The largest absolute Gasteiger partial charge is 0.396 e. The van der Waals surface area contributed by atoms with Crippen LogP contribution in [0.1, 0.15) is 40.8 Å². The van der Waals surface area contributed by atoms with Crippen molar-refractivity contribution in [3.63, 3.8) is 0 Å². The molecule has 0 aliphatic carbocycles. The first-order valence-electron chi connectivity index (χ1n) is 9.61. The first-order valence-corrected chi connectivity index (χ1v) is 9.99. The van der Waals surface area contributed by atoms with E-state index in [0.717, 1.165) is 34.6 Å². The van der Waals surface area contributed by atoms with Gasteiger partial charge in [-0.15, -0.1) is 0 Å². The molecule has 9 heteroatoms. The zero-order valence-corrected chi connectivity index (χ0v) is 17.5. The number of anilines is 2. The maximum absolute atomic E-state index is 9.87. The Morgan fingerprint density at radius 3 is 2.72 bits per heavy atom. The van der Waals surface area contributed by atoms with E-state index < -0.39 is 0 Å². The van der Waals surface area contributed by atoms with E-state index in [4.69, 9.17) is 22.3 Å². The van der Waals surface area contributed by atoms with Crippen LogP contribution in [0.2, 0.25) is 5.15 Å². The van der Waals surface area contributed by atoms with E-state index in [0.29, 0.717) is 24.1 Å². The number of aliphatic hydroxyl groups is 1. The van der Waals surface area contributed by atoms with Crippen LogP contribution in [0.4, 0.5) is 11.8 Å². The first kappa shape index (κ1) is 19.6. The van der Waals surface area contributed by atoms with Gasteiger partial charge in [-0.3, -0.25) is 10.1 Å². The summed E-state index contributed by atoms with van der Waals surface area (Å²) in [7, 11) is 0. The molecule has 1 aliphatic rings. The van der Waals surface area contributed by atoms with Gasteiger partial charge in [0.2, 0.25) is 5.95 Å². The van der Waals surface area contributed by atoms with Crippen molar-refractivity contribution in [2.45, 2.75) is 39.7 Å². The number of aromatic nitrogens is 5. The van der Waals surface area contributed by atoms with Gasteiger partial charge in [-0.05, 0) is 37.5 Å². The smallest absolute Gasteiger partial charge is 0.223 e. The van der Waals surface area contributed by atoms with E-state index >= 15 is 0 Å². The van der Waals surface area contributed by atoms with Gasteiger partial charge < -0.3 is 15.7 Å². The Kier molecular flexibility index (Phi) is 5.14. The van der Waals surface area contributed by atoms with E-state index in [-0.39, 0.29) is 18.5 Å². The van der Waals surface area contributed by atoms with Crippen LogP contribution in [0.3, 0.4) is 0 Å². The van der Waals surface area contributed by atoms with E-state index in [9.17, 15) is 5.11 Å². The predicted molar refractivity (Wildman–Crippen MR) is 113 cm³/mol. The summed E-state index contributed by atoms with van der Waals surface area (Å²) in [5.74, 6) is 0.646. The monoisotopic (exact) mass is 413 g/mol. The third kappa shape index (κ3) is 3.32. The Morgan fingerprint density at radius 2 is 2.07 bits per heavy atom. The standard InChI is InChI=1S/C20H24ClN7O/c1-4-13-10(2)14(17(24-11(13)3)15-5-6-23-27-15)8-28-7-12(9-29)16-18(21)25-20(22)26-19(16)28/h5-6,12,29H,4,7-9H2,1-3H3,(H,23,27)(H2,22,25,26). The van der Waals surface area contributed by atoms with Crippen molar-refractivity contribution < 1.29 is 5.11 Å². The van der Waals surface area contributed by atoms with Crippen molar-refractivity contribution in [3.8, 4) is 11.4 Å². The summed E-state index contributed by atoms with van der Waals surface area (Å²) in [5, 5.41) is 17.3. The summed E-state index contributed by atoms with van der Waals surface area (Å²) in [5.41, 5.74) is 12.9. The number of halogens is 1. The first-order chi connectivity index (χ1) is 13.9. The summed E-state index contributed by atoms with van der Waals surface area (Å²) in [6.07, 6.45) is 2.62. The number of nitrogens with one attached hydrogen (secondary N) is 1. The van der Waals surface area contributed by atoms with Gasteiger partial charge in [0.05, 0.1) is 18.0 Å². The van der Waals surface area contributed by atoms with Crippen LogP contribution in [0.25, 0.3) is 11.4 Å². The van der Waals surface area contributed by atoms with Gasteiger partial charge in [0.15, 0.2) is 0 Å². The summed E-state index contributed by atoms with van der Waals surface area (Å²) in [6, 6.07) is 1.92. The molecule has 1 unspecified atom stereocenters. The van der Waals surface area contributed by atoms with E-state index in [1.54, 1.807) is 6.20 Å². The number of nitrogen functional groups attached to an aromatic ring is 1. The van der Waals surface area contributed by atoms with Gasteiger partial charge >= 0.3 is 0 Å². The molecule has 0 amide bonds. The molecule has 3 aromatic rings. The van der Waals surface area contributed by atoms with Crippen LogP contribution in [0.15, 0.2) is 12.3 Å². The third-order valence-electron chi connectivity index (χ3n) is 5.63.